The molecule has 0 aromatic carbocycles. The molecule has 1 fully saturated rings. The van der Waals surface area contributed by atoms with E-state index < -0.39 is 0 Å². The van der Waals surface area contributed by atoms with E-state index in [2.05, 4.69) is 26.8 Å². The molecule has 0 aliphatic carbocycles. The lowest BCUT2D eigenvalue weighted by molar-refractivity contribution is 0.505. The van der Waals surface area contributed by atoms with Crippen LogP contribution < -0.4 is 4.90 Å². The number of aryl methyl sites for hydroxylation is 1. The van der Waals surface area contributed by atoms with Crippen LogP contribution in [-0.2, 0) is 0 Å². The summed E-state index contributed by atoms with van der Waals surface area (Å²) in [5.41, 5.74) is 0. The van der Waals surface area contributed by atoms with Crippen molar-refractivity contribution in [2.45, 2.75) is 25.7 Å². The fraction of sp³-hybridized carbons (Fsp3) is 0.462. The number of rotatable bonds is 2. The van der Waals surface area contributed by atoms with E-state index in [9.17, 15) is 0 Å². The highest BCUT2D eigenvalue weighted by molar-refractivity contribution is 7.11. The minimum Gasteiger partial charge on any atom is -0.355 e. The molecular weight excluding hydrogens is 244 g/mol. The molecule has 1 aliphatic heterocycles. The average Bonchev–Trinajstić information content (AvgIpc) is 2.87. The third kappa shape index (κ3) is 2.36. The lowest BCUT2D eigenvalue weighted by atomic mass is 9.99. The van der Waals surface area contributed by atoms with Crippen LogP contribution >= 0.6 is 11.3 Å². The van der Waals surface area contributed by atoms with Gasteiger partial charge in [0, 0.05) is 42.5 Å². The topological polar surface area (TPSA) is 41.9 Å². The first-order valence-corrected chi connectivity index (χ1v) is 7.08. The Kier molecular flexibility index (Phi) is 3.23. The maximum atomic E-state index is 4.52. The molecule has 0 unspecified atom stereocenters. The second-order valence-corrected chi connectivity index (χ2v) is 5.92. The van der Waals surface area contributed by atoms with Gasteiger partial charge in [0.05, 0.1) is 11.2 Å². The maximum absolute atomic E-state index is 4.52. The normalized spacial score (nSPS) is 20.1. The fourth-order valence-electron chi connectivity index (χ4n) is 2.40. The zero-order valence-corrected chi connectivity index (χ0v) is 11.2. The van der Waals surface area contributed by atoms with Crippen LogP contribution in [0.15, 0.2) is 24.8 Å². The van der Waals surface area contributed by atoms with Gasteiger partial charge in [-0.15, -0.1) is 11.3 Å². The van der Waals surface area contributed by atoms with Crippen molar-refractivity contribution >= 4 is 17.2 Å². The van der Waals surface area contributed by atoms with Crippen molar-refractivity contribution in [2.75, 3.05) is 18.0 Å². The average molecular weight is 260 g/mol. The molecule has 0 spiro atoms. The van der Waals surface area contributed by atoms with Crippen LogP contribution in [0.4, 0.5) is 5.82 Å². The fourth-order valence-corrected chi connectivity index (χ4v) is 3.30. The molecule has 4 nitrogen and oxygen atoms in total. The van der Waals surface area contributed by atoms with Gasteiger partial charge >= 0.3 is 0 Å². The molecule has 2 aromatic rings. The van der Waals surface area contributed by atoms with Gasteiger partial charge < -0.3 is 4.90 Å². The molecule has 0 N–H and O–H groups in total. The van der Waals surface area contributed by atoms with Crippen LogP contribution in [-0.4, -0.2) is 28.0 Å². The Bertz CT molecular complexity index is 511. The zero-order chi connectivity index (χ0) is 12.4. The van der Waals surface area contributed by atoms with Crippen molar-refractivity contribution in [2.24, 2.45) is 0 Å². The zero-order valence-electron chi connectivity index (χ0n) is 10.4. The van der Waals surface area contributed by atoms with Crippen LogP contribution in [0.25, 0.3) is 0 Å². The van der Waals surface area contributed by atoms with Crippen molar-refractivity contribution in [3.8, 4) is 0 Å². The number of anilines is 1. The highest BCUT2D eigenvalue weighted by atomic mass is 32.1. The summed E-state index contributed by atoms with van der Waals surface area (Å²) in [5, 5.41) is 1.26. The monoisotopic (exact) mass is 260 g/mol. The number of piperidine rings is 1. The summed E-state index contributed by atoms with van der Waals surface area (Å²) < 4.78 is 0. The van der Waals surface area contributed by atoms with Gasteiger partial charge in [0.15, 0.2) is 0 Å². The van der Waals surface area contributed by atoms with Gasteiger partial charge in [-0.05, 0) is 19.8 Å². The maximum Gasteiger partial charge on any atom is 0.147 e. The van der Waals surface area contributed by atoms with Gasteiger partial charge in [0.2, 0.25) is 0 Å². The van der Waals surface area contributed by atoms with Crippen LogP contribution in [0.5, 0.6) is 0 Å². The standard InChI is InChI=1S/C13H16N4S/c1-10-7-16-13(18-10)11-3-2-6-17(9-11)12-8-14-4-5-15-12/h4-5,7-8,11H,2-3,6,9H2,1H3/t11-/m1/s1. The predicted octanol–water partition coefficient (Wildman–Crippen LogP) is 2.63. The Labute approximate surface area is 111 Å². The van der Waals surface area contributed by atoms with E-state index >= 15 is 0 Å². The lowest BCUT2D eigenvalue weighted by Crippen LogP contribution is -2.34. The number of hydrogen-bond acceptors (Lipinski definition) is 5. The van der Waals surface area contributed by atoms with Crippen molar-refractivity contribution in [3.63, 3.8) is 0 Å². The number of aromatic nitrogens is 3. The summed E-state index contributed by atoms with van der Waals surface area (Å²) in [6.45, 7) is 4.19. The smallest absolute Gasteiger partial charge is 0.147 e. The quantitative estimate of drug-likeness (QED) is 0.832. The molecule has 0 amide bonds. The Balaban J connectivity index is 1.76. The summed E-state index contributed by atoms with van der Waals surface area (Å²) in [7, 11) is 0. The van der Waals surface area contributed by atoms with E-state index in [1.807, 2.05) is 23.7 Å². The van der Waals surface area contributed by atoms with Crippen molar-refractivity contribution in [1.29, 1.82) is 0 Å². The van der Waals surface area contributed by atoms with E-state index in [4.69, 9.17) is 0 Å². The third-order valence-corrected chi connectivity index (χ3v) is 4.36. The van der Waals surface area contributed by atoms with E-state index in [0.29, 0.717) is 5.92 Å². The lowest BCUT2D eigenvalue weighted by Gasteiger charge is -2.32. The molecule has 1 saturated heterocycles. The Hall–Kier alpha value is -1.49. The van der Waals surface area contributed by atoms with Crippen molar-refractivity contribution in [1.82, 2.24) is 15.0 Å². The molecule has 0 radical (unpaired) electrons. The molecule has 0 bridgehead atoms. The molecule has 1 atom stereocenters. The molecule has 2 aromatic heterocycles. The number of nitrogens with zero attached hydrogens (tertiary/aromatic N) is 4. The van der Waals surface area contributed by atoms with Gasteiger partial charge in [-0.2, -0.15) is 0 Å². The molecule has 94 valence electrons. The summed E-state index contributed by atoms with van der Waals surface area (Å²) in [6, 6.07) is 0. The van der Waals surface area contributed by atoms with Gasteiger partial charge in [-0.3, -0.25) is 4.98 Å². The first kappa shape index (κ1) is 11.6. The van der Waals surface area contributed by atoms with E-state index in [1.54, 1.807) is 12.4 Å². The summed E-state index contributed by atoms with van der Waals surface area (Å²) in [5.74, 6) is 1.52. The molecule has 18 heavy (non-hydrogen) atoms. The van der Waals surface area contributed by atoms with Gasteiger partial charge in [-0.1, -0.05) is 0 Å². The van der Waals surface area contributed by atoms with Gasteiger partial charge in [0.25, 0.3) is 0 Å². The van der Waals surface area contributed by atoms with Gasteiger partial charge in [0.1, 0.15) is 5.82 Å². The second kappa shape index (κ2) is 5.02. The Morgan fingerprint density at radius 2 is 2.22 bits per heavy atom. The Morgan fingerprint density at radius 1 is 1.28 bits per heavy atom. The first-order valence-electron chi connectivity index (χ1n) is 6.26. The van der Waals surface area contributed by atoms with Crippen LogP contribution in [0.2, 0.25) is 0 Å². The third-order valence-electron chi connectivity index (χ3n) is 3.28. The van der Waals surface area contributed by atoms with E-state index in [-0.39, 0.29) is 0 Å². The molecule has 3 heterocycles. The van der Waals surface area contributed by atoms with Gasteiger partial charge in [-0.25, -0.2) is 9.97 Å². The van der Waals surface area contributed by atoms with Crippen molar-refractivity contribution < 1.29 is 0 Å². The van der Waals surface area contributed by atoms with E-state index in [1.165, 1.54) is 22.7 Å². The summed E-state index contributed by atoms with van der Waals surface area (Å²) >= 11 is 1.82. The van der Waals surface area contributed by atoms with E-state index in [0.717, 1.165) is 18.9 Å². The second-order valence-electron chi connectivity index (χ2n) is 4.66. The minimum atomic E-state index is 0.541. The summed E-state index contributed by atoms with van der Waals surface area (Å²) in [6.07, 6.45) is 9.71. The molecule has 0 saturated carbocycles. The predicted molar refractivity (Wildman–Crippen MR) is 73.1 cm³/mol. The van der Waals surface area contributed by atoms with Crippen LogP contribution in [0, 0.1) is 6.92 Å². The number of hydrogen-bond donors (Lipinski definition) is 0. The van der Waals surface area contributed by atoms with Crippen LogP contribution in [0.3, 0.4) is 0 Å². The number of thiazole rings is 1. The molecular formula is C13H16N4S. The largest absolute Gasteiger partial charge is 0.355 e. The first-order chi connectivity index (χ1) is 8.83. The van der Waals surface area contributed by atoms with Crippen LogP contribution in [0.1, 0.15) is 28.6 Å². The summed E-state index contributed by atoms with van der Waals surface area (Å²) in [4.78, 5) is 16.7. The minimum absolute atomic E-state index is 0.541. The molecule has 1 aliphatic rings. The SMILES string of the molecule is Cc1cnc([C@@H]2CCCN(c3cnccn3)C2)s1. The molecule has 5 heteroatoms. The molecule has 3 rings (SSSR count). The Morgan fingerprint density at radius 3 is 2.94 bits per heavy atom. The highest BCUT2D eigenvalue weighted by Gasteiger charge is 2.24. The highest BCUT2D eigenvalue weighted by Crippen LogP contribution is 2.31. The van der Waals surface area contributed by atoms with Crippen molar-refractivity contribution in [3.05, 3.63) is 34.7 Å².